The van der Waals surface area contributed by atoms with Gasteiger partial charge in [-0.25, -0.2) is 0 Å². The number of carbonyl (C=O) groups is 1. The van der Waals surface area contributed by atoms with Crippen molar-refractivity contribution >= 4 is 22.8 Å². The zero-order valence-electron chi connectivity index (χ0n) is 13.0. The number of rotatable bonds is 9. The number of unbranched alkanes of at least 4 members (excludes halogenated alkanes) is 3. The Kier molecular flexibility index (Phi) is 6.63. The van der Waals surface area contributed by atoms with Crippen molar-refractivity contribution in [3.8, 4) is 5.75 Å². The highest BCUT2D eigenvalue weighted by molar-refractivity contribution is 5.88. The highest BCUT2D eigenvalue weighted by Crippen LogP contribution is 2.23. The highest BCUT2D eigenvalue weighted by atomic mass is 16.5. The van der Waals surface area contributed by atoms with Crippen LogP contribution in [0.25, 0.3) is 16.8 Å². The van der Waals surface area contributed by atoms with Crippen molar-refractivity contribution < 1.29 is 19.7 Å². The van der Waals surface area contributed by atoms with E-state index in [2.05, 4.69) is 0 Å². The molecule has 2 rings (SSSR count). The van der Waals surface area contributed by atoms with Gasteiger partial charge >= 0.3 is 0 Å². The average Bonchev–Trinajstić information content (AvgIpc) is 2.56. The van der Waals surface area contributed by atoms with Crippen molar-refractivity contribution in [2.75, 3.05) is 13.2 Å². The number of fused-ring (bicyclic) bond motifs is 1. The fourth-order valence-corrected chi connectivity index (χ4v) is 2.36. The Morgan fingerprint density at radius 3 is 2.57 bits per heavy atom. The number of aliphatic hydroxyl groups excluding tert-OH is 1. The molecule has 0 fully saturated rings. The summed E-state index contributed by atoms with van der Waals surface area (Å²) < 4.78 is 5.74. The van der Waals surface area contributed by atoms with Gasteiger partial charge in [0.05, 0.1) is 12.6 Å². The van der Waals surface area contributed by atoms with Gasteiger partial charge in [-0.05, 0) is 59.9 Å². The van der Waals surface area contributed by atoms with E-state index in [0.29, 0.717) is 6.61 Å². The normalized spacial score (nSPS) is 11.2. The maximum atomic E-state index is 10.4. The number of aliphatic carboxylic acids is 1. The molecule has 0 heterocycles. The van der Waals surface area contributed by atoms with E-state index in [1.807, 2.05) is 36.4 Å². The van der Waals surface area contributed by atoms with E-state index in [0.717, 1.165) is 53.8 Å². The lowest BCUT2D eigenvalue weighted by Gasteiger charge is -2.08. The summed E-state index contributed by atoms with van der Waals surface area (Å²) in [6.45, 7) is 0.926. The van der Waals surface area contributed by atoms with Crippen LogP contribution in [0.5, 0.6) is 5.75 Å². The van der Waals surface area contributed by atoms with Crippen LogP contribution >= 0.6 is 0 Å². The van der Waals surface area contributed by atoms with Gasteiger partial charge in [0, 0.05) is 6.61 Å². The smallest absolute Gasteiger partial charge is 0.119 e. The van der Waals surface area contributed by atoms with Crippen LogP contribution in [-0.4, -0.2) is 24.3 Å². The number of carboxylic acid groups (broad SMARTS) is 1. The minimum atomic E-state index is -1.20. The molecule has 0 aliphatic carbocycles. The van der Waals surface area contributed by atoms with Crippen molar-refractivity contribution in [3.63, 3.8) is 0 Å². The van der Waals surface area contributed by atoms with Crippen molar-refractivity contribution in [3.05, 3.63) is 48.0 Å². The van der Waals surface area contributed by atoms with Crippen molar-refractivity contribution in [1.82, 2.24) is 0 Å². The molecule has 0 atom stereocenters. The van der Waals surface area contributed by atoms with Crippen LogP contribution in [0.1, 0.15) is 31.2 Å². The molecule has 0 aliphatic heterocycles. The van der Waals surface area contributed by atoms with Gasteiger partial charge in [0.25, 0.3) is 0 Å². The fraction of sp³-hybridized carbons (Fsp3) is 0.316. The molecule has 0 aliphatic rings. The summed E-state index contributed by atoms with van der Waals surface area (Å²) in [6, 6.07) is 11.6. The van der Waals surface area contributed by atoms with E-state index in [1.165, 1.54) is 6.08 Å². The zero-order chi connectivity index (χ0) is 16.5. The average molecular weight is 313 g/mol. The first-order chi connectivity index (χ1) is 11.2. The third-order valence-electron chi connectivity index (χ3n) is 3.57. The van der Waals surface area contributed by atoms with Crippen molar-refractivity contribution in [1.29, 1.82) is 0 Å². The fourth-order valence-electron chi connectivity index (χ4n) is 2.36. The molecule has 0 amide bonds. The number of hydrogen-bond donors (Lipinski definition) is 1. The van der Waals surface area contributed by atoms with E-state index in [-0.39, 0.29) is 6.61 Å². The van der Waals surface area contributed by atoms with Crippen LogP contribution in [-0.2, 0) is 4.79 Å². The molecule has 4 heteroatoms. The monoisotopic (exact) mass is 313 g/mol. The summed E-state index contributed by atoms with van der Waals surface area (Å²) >= 11 is 0. The van der Waals surface area contributed by atoms with Gasteiger partial charge in [0.1, 0.15) is 5.75 Å². The van der Waals surface area contributed by atoms with E-state index in [9.17, 15) is 9.90 Å². The molecule has 0 unspecified atom stereocenters. The zero-order valence-corrected chi connectivity index (χ0v) is 13.0. The van der Waals surface area contributed by atoms with Gasteiger partial charge < -0.3 is 19.7 Å². The molecule has 122 valence electrons. The van der Waals surface area contributed by atoms with Gasteiger partial charge in [-0.15, -0.1) is 0 Å². The Morgan fingerprint density at radius 1 is 1.04 bits per heavy atom. The first-order valence-corrected chi connectivity index (χ1v) is 7.85. The first-order valence-electron chi connectivity index (χ1n) is 7.85. The third kappa shape index (κ3) is 5.75. The third-order valence-corrected chi connectivity index (χ3v) is 3.57. The quantitative estimate of drug-likeness (QED) is 0.570. The predicted octanol–water partition coefficient (Wildman–Crippen LogP) is 2.53. The van der Waals surface area contributed by atoms with E-state index >= 15 is 0 Å². The molecule has 0 bridgehead atoms. The maximum Gasteiger partial charge on any atom is 0.119 e. The van der Waals surface area contributed by atoms with Crippen LogP contribution in [0.15, 0.2) is 42.5 Å². The number of aliphatic hydroxyl groups is 1. The molecule has 23 heavy (non-hydrogen) atoms. The second-order valence-corrected chi connectivity index (χ2v) is 5.41. The Balaban J connectivity index is 1.94. The Labute approximate surface area is 136 Å². The van der Waals surface area contributed by atoms with Crippen molar-refractivity contribution in [2.24, 2.45) is 0 Å². The molecule has 2 aromatic carbocycles. The number of carboxylic acids is 1. The lowest BCUT2D eigenvalue weighted by Crippen LogP contribution is -2.18. The molecule has 0 saturated heterocycles. The van der Waals surface area contributed by atoms with Gasteiger partial charge in [0.15, 0.2) is 0 Å². The van der Waals surface area contributed by atoms with Crippen LogP contribution in [0.2, 0.25) is 0 Å². The Hall–Kier alpha value is -2.33. The number of ether oxygens (including phenoxy) is 1. The minimum absolute atomic E-state index is 0.256. The summed E-state index contributed by atoms with van der Waals surface area (Å²) in [5.41, 5.74) is 0.819. The summed E-state index contributed by atoms with van der Waals surface area (Å²) in [5.74, 6) is -0.370. The predicted molar refractivity (Wildman–Crippen MR) is 89.0 cm³/mol. The summed E-state index contributed by atoms with van der Waals surface area (Å²) in [6.07, 6.45) is 6.46. The minimum Gasteiger partial charge on any atom is -0.545 e. The van der Waals surface area contributed by atoms with Gasteiger partial charge in [-0.2, -0.15) is 0 Å². The first kappa shape index (κ1) is 17.0. The Bertz CT molecular complexity index is 676. The lowest BCUT2D eigenvalue weighted by atomic mass is 10.1. The van der Waals surface area contributed by atoms with Gasteiger partial charge in [-0.1, -0.05) is 30.7 Å². The van der Waals surface area contributed by atoms with E-state index < -0.39 is 5.97 Å². The maximum absolute atomic E-state index is 10.4. The van der Waals surface area contributed by atoms with E-state index in [1.54, 1.807) is 0 Å². The molecule has 0 saturated carbocycles. The Morgan fingerprint density at radius 2 is 1.78 bits per heavy atom. The lowest BCUT2D eigenvalue weighted by molar-refractivity contribution is -0.297. The molecule has 0 aromatic heterocycles. The summed E-state index contributed by atoms with van der Waals surface area (Å²) in [7, 11) is 0. The molecule has 0 radical (unpaired) electrons. The van der Waals surface area contributed by atoms with Crippen LogP contribution in [0, 0.1) is 0 Å². The van der Waals surface area contributed by atoms with Crippen molar-refractivity contribution in [2.45, 2.75) is 25.7 Å². The second-order valence-electron chi connectivity index (χ2n) is 5.41. The van der Waals surface area contributed by atoms with Crippen LogP contribution in [0.3, 0.4) is 0 Å². The molecular weight excluding hydrogens is 292 g/mol. The topological polar surface area (TPSA) is 69.6 Å². The summed E-state index contributed by atoms with van der Waals surface area (Å²) in [5, 5.41) is 21.2. The number of benzene rings is 2. The highest BCUT2D eigenvalue weighted by Gasteiger charge is 1.99. The summed E-state index contributed by atoms with van der Waals surface area (Å²) in [4.78, 5) is 10.4. The van der Waals surface area contributed by atoms with Gasteiger partial charge in [0.2, 0.25) is 0 Å². The standard InChI is InChI=1S/C19H22O4/c20-11-3-1-2-4-12-23-18-9-8-16-13-15(6-10-19(21)22)5-7-17(16)14-18/h5-10,13-14,20H,1-4,11-12H2,(H,21,22)/p-1/b10-6+. The molecule has 0 spiro atoms. The largest absolute Gasteiger partial charge is 0.545 e. The molecule has 1 N–H and O–H groups in total. The SMILES string of the molecule is O=C([O-])/C=C/c1ccc2cc(OCCCCCCO)ccc2c1. The number of hydrogen-bond acceptors (Lipinski definition) is 4. The molecule has 4 nitrogen and oxygen atoms in total. The van der Waals surface area contributed by atoms with Crippen LogP contribution in [0.4, 0.5) is 0 Å². The van der Waals surface area contributed by atoms with Crippen LogP contribution < -0.4 is 9.84 Å². The molecular formula is C19H21O4-. The second kappa shape index (κ2) is 8.96. The number of carbonyl (C=O) groups excluding carboxylic acids is 1. The van der Waals surface area contributed by atoms with Gasteiger partial charge in [-0.3, -0.25) is 0 Å². The van der Waals surface area contributed by atoms with E-state index in [4.69, 9.17) is 9.84 Å². The molecule has 2 aromatic rings.